The molecule has 0 spiro atoms. The van der Waals surface area contributed by atoms with Crippen LogP contribution in [0.2, 0.25) is 5.02 Å². The molecule has 1 heterocycles. The molecule has 5 heteroatoms. The number of rotatable bonds is 8. The van der Waals surface area contributed by atoms with E-state index in [-0.39, 0.29) is 11.7 Å². The molecular weight excluding hydrogens is 262 g/mol. The minimum atomic E-state index is -0.150. The van der Waals surface area contributed by atoms with E-state index in [1.165, 1.54) is 31.9 Å². The molecule has 1 rings (SSSR count). The number of unbranched alkanes of at least 4 members (excludes halogenated alkanes) is 5. The molecule has 0 saturated heterocycles. The number of nitrogens with zero attached hydrogens (tertiary/aromatic N) is 1. The van der Waals surface area contributed by atoms with Crippen LogP contribution in [0, 0.1) is 0 Å². The highest BCUT2D eigenvalue weighted by molar-refractivity contribution is 6.33. The summed E-state index contributed by atoms with van der Waals surface area (Å²) < 4.78 is 0. The molecule has 0 unspecified atom stereocenters. The number of nitrogens with two attached hydrogens (primary N) is 1. The van der Waals surface area contributed by atoms with Gasteiger partial charge in [0.25, 0.3) is 5.91 Å². The van der Waals surface area contributed by atoms with Crippen molar-refractivity contribution in [1.82, 2.24) is 10.3 Å². The van der Waals surface area contributed by atoms with Crippen molar-refractivity contribution in [3.8, 4) is 0 Å². The second kappa shape index (κ2) is 8.75. The molecule has 1 amide bonds. The van der Waals surface area contributed by atoms with Crippen LogP contribution in [0.15, 0.2) is 12.3 Å². The van der Waals surface area contributed by atoms with E-state index in [9.17, 15) is 4.79 Å². The highest BCUT2D eigenvalue weighted by Crippen LogP contribution is 2.16. The molecular formula is C14H22ClN3O. The van der Waals surface area contributed by atoms with Gasteiger partial charge in [0.1, 0.15) is 5.82 Å². The summed E-state index contributed by atoms with van der Waals surface area (Å²) in [6.07, 6.45) is 8.66. The van der Waals surface area contributed by atoms with Gasteiger partial charge in [-0.25, -0.2) is 4.98 Å². The number of aromatic nitrogens is 1. The van der Waals surface area contributed by atoms with Crippen LogP contribution >= 0.6 is 11.6 Å². The molecule has 1 aromatic rings. The first kappa shape index (κ1) is 15.8. The van der Waals surface area contributed by atoms with Crippen LogP contribution in [0.4, 0.5) is 5.82 Å². The van der Waals surface area contributed by atoms with Gasteiger partial charge in [-0.1, -0.05) is 50.6 Å². The van der Waals surface area contributed by atoms with Crippen molar-refractivity contribution >= 4 is 23.3 Å². The lowest BCUT2D eigenvalue weighted by molar-refractivity contribution is 0.0952. The largest absolute Gasteiger partial charge is 0.382 e. The van der Waals surface area contributed by atoms with E-state index in [1.807, 2.05) is 0 Å². The normalized spacial score (nSPS) is 10.4. The fraction of sp³-hybridized carbons (Fsp3) is 0.571. The second-order valence-corrected chi connectivity index (χ2v) is 5.02. The van der Waals surface area contributed by atoms with E-state index in [0.717, 1.165) is 12.8 Å². The summed E-state index contributed by atoms with van der Waals surface area (Å²) in [7, 11) is 0. The Bertz CT molecular complexity index is 410. The Hall–Kier alpha value is -1.29. The third kappa shape index (κ3) is 5.92. The molecule has 106 valence electrons. The van der Waals surface area contributed by atoms with Gasteiger partial charge >= 0.3 is 0 Å². The van der Waals surface area contributed by atoms with Crippen molar-refractivity contribution in [2.75, 3.05) is 12.3 Å². The van der Waals surface area contributed by atoms with Gasteiger partial charge in [-0.15, -0.1) is 0 Å². The van der Waals surface area contributed by atoms with Gasteiger partial charge in [-0.05, 0) is 12.5 Å². The minimum Gasteiger partial charge on any atom is -0.382 e. The fourth-order valence-electron chi connectivity index (χ4n) is 1.78. The van der Waals surface area contributed by atoms with Crippen molar-refractivity contribution in [3.05, 3.63) is 22.8 Å². The Balaban J connectivity index is 2.22. The Morgan fingerprint density at radius 3 is 2.68 bits per heavy atom. The molecule has 0 fully saturated rings. The van der Waals surface area contributed by atoms with E-state index in [0.29, 0.717) is 17.1 Å². The first-order valence-corrected chi connectivity index (χ1v) is 7.22. The van der Waals surface area contributed by atoms with Gasteiger partial charge in [-0.2, -0.15) is 0 Å². The maximum atomic E-state index is 11.8. The maximum absolute atomic E-state index is 11.8. The molecule has 1 aromatic heterocycles. The SMILES string of the molecule is CCCCCCCCNC(=O)c1cnc(N)c(Cl)c1. The summed E-state index contributed by atoms with van der Waals surface area (Å²) in [6, 6.07) is 1.54. The van der Waals surface area contributed by atoms with Crippen LogP contribution in [-0.2, 0) is 0 Å². The quantitative estimate of drug-likeness (QED) is 0.719. The third-order valence-electron chi connectivity index (χ3n) is 2.95. The van der Waals surface area contributed by atoms with Crippen LogP contribution in [0.25, 0.3) is 0 Å². The molecule has 0 aliphatic rings. The van der Waals surface area contributed by atoms with Crippen LogP contribution in [0.1, 0.15) is 55.8 Å². The fourth-order valence-corrected chi connectivity index (χ4v) is 1.95. The molecule has 0 aromatic carbocycles. The Labute approximate surface area is 119 Å². The zero-order chi connectivity index (χ0) is 14.1. The molecule has 19 heavy (non-hydrogen) atoms. The van der Waals surface area contributed by atoms with Crippen molar-refractivity contribution < 1.29 is 4.79 Å². The van der Waals surface area contributed by atoms with Crippen molar-refractivity contribution in [3.63, 3.8) is 0 Å². The number of carbonyl (C=O) groups is 1. The Morgan fingerprint density at radius 2 is 2.00 bits per heavy atom. The number of nitrogen functional groups attached to an aromatic ring is 1. The summed E-state index contributed by atoms with van der Waals surface area (Å²) in [6.45, 7) is 2.89. The van der Waals surface area contributed by atoms with Crippen LogP contribution in [0.3, 0.4) is 0 Å². The summed E-state index contributed by atoms with van der Waals surface area (Å²) in [5.41, 5.74) is 5.94. The number of nitrogens with one attached hydrogen (secondary N) is 1. The summed E-state index contributed by atoms with van der Waals surface area (Å²) in [4.78, 5) is 15.7. The highest BCUT2D eigenvalue weighted by atomic mass is 35.5. The molecule has 0 saturated carbocycles. The summed E-state index contributed by atoms with van der Waals surface area (Å²) >= 11 is 5.82. The lowest BCUT2D eigenvalue weighted by atomic mass is 10.1. The van der Waals surface area contributed by atoms with Crippen LogP contribution in [0.5, 0.6) is 0 Å². The number of pyridine rings is 1. The van der Waals surface area contributed by atoms with Crippen LogP contribution in [-0.4, -0.2) is 17.4 Å². The van der Waals surface area contributed by atoms with E-state index in [1.54, 1.807) is 6.07 Å². The number of halogens is 1. The predicted octanol–water partition coefficient (Wildman–Crippen LogP) is 3.41. The molecule has 4 nitrogen and oxygen atoms in total. The molecule has 3 N–H and O–H groups in total. The molecule has 0 aliphatic carbocycles. The average Bonchev–Trinajstić information content (AvgIpc) is 2.40. The topological polar surface area (TPSA) is 68.0 Å². The first-order valence-electron chi connectivity index (χ1n) is 6.84. The lowest BCUT2D eigenvalue weighted by Crippen LogP contribution is -2.24. The van der Waals surface area contributed by atoms with Gasteiger partial charge in [0.05, 0.1) is 10.6 Å². The van der Waals surface area contributed by atoms with Crippen molar-refractivity contribution in [1.29, 1.82) is 0 Å². The smallest absolute Gasteiger partial charge is 0.252 e. The van der Waals surface area contributed by atoms with Gasteiger partial charge in [-0.3, -0.25) is 4.79 Å². The standard InChI is InChI=1S/C14H22ClN3O/c1-2-3-4-5-6-7-8-17-14(19)11-9-12(15)13(16)18-10-11/h9-10H,2-8H2,1H3,(H2,16,18)(H,17,19). The Kier molecular flexibility index (Phi) is 7.26. The maximum Gasteiger partial charge on any atom is 0.252 e. The van der Waals surface area contributed by atoms with Crippen LogP contribution < -0.4 is 11.1 Å². The van der Waals surface area contributed by atoms with Crippen molar-refractivity contribution in [2.45, 2.75) is 45.4 Å². The summed E-state index contributed by atoms with van der Waals surface area (Å²) in [5, 5.41) is 3.17. The third-order valence-corrected chi connectivity index (χ3v) is 3.25. The Morgan fingerprint density at radius 1 is 1.32 bits per heavy atom. The van der Waals surface area contributed by atoms with E-state index in [2.05, 4.69) is 17.2 Å². The van der Waals surface area contributed by atoms with E-state index < -0.39 is 0 Å². The first-order chi connectivity index (χ1) is 9.15. The number of amides is 1. The second-order valence-electron chi connectivity index (χ2n) is 4.61. The number of anilines is 1. The zero-order valence-corrected chi connectivity index (χ0v) is 12.2. The number of hydrogen-bond acceptors (Lipinski definition) is 3. The van der Waals surface area contributed by atoms with Gasteiger partial charge in [0, 0.05) is 12.7 Å². The number of carbonyl (C=O) groups excluding carboxylic acids is 1. The molecule has 0 radical (unpaired) electrons. The minimum absolute atomic E-state index is 0.150. The van der Waals surface area contributed by atoms with E-state index in [4.69, 9.17) is 17.3 Å². The van der Waals surface area contributed by atoms with E-state index >= 15 is 0 Å². The highest BCUT2D eigenvalue weighted by Gasteiger charge is 2.07. The van der Waals surface area contributed by atoms with Crippen molar-refractivity contribution in [2.24, 2.45) is 0 Å². The average molecular weight is 284 g/mol. The molecule has 0 atom stereocenters. The summed E-state index contributed by atoms with van der Waals surface area (Å²) in [5.74, 6) is 0.0945. The van der Waals surface area contributed by atoms with Gasteiger partial charge in [0.2, 0.25) is 0 Å². The number of hydrogen-bond donors (Lipinski definition) is 2. The lowest BCUT2D eigenvalue weighted by Gasteiger charge is -2.06. The monoisotopic (exact) mass is 283 g/mol. The molecule has 0 bridgehead atoms. The molecule has 0 aliphatic heterocycles. The zero-order valence-electron chi connectivity index (χ0n) is 11.4. The van der Waals surface area contributed by atoms with Gasteiger partial charge < -0.3 is 11.1 Å². The predicted molar refractivity (Wildman–Crippen MR) is 79.4 cm³/mol. The van der Waals surface area contributed by atoms with Gasteiger partial charge in [0.15, 0.2) is 0 Å².